The van der Waals surface area contributed by atoms with Gasteiger partial charge in [-0.05, 0) is 20.3 Å². The smallest absolute Gasteiger partial charge is 0.239 e. The van der Waals surface area contributed by atoms with E-state index < -0.39 is 11.1 Å². The van der Waals surface area contributed by atoms with E-state index >= 15 is 0 Å². The van der Waals surface area contributed by atoms with Gasteiger partial charge in [-0.2, -0.15) is 0 Å². The second-order valence-corrected chi connectivity index (χ2v) is 4.82. The Hall–Kier alpha value is -0.650. The molecule has 1 rings (SSSR count). The van der Waals surface area contributed by atoms with Crippen LogP contribution < -0.4 is 11.1 Å². The van der Waals surface area contributed by atoms with E-state index in [2.05, 4.69) is 5.32 Å². The van der Waals surface area contributed by atoms with Gasteiger partial charge in [0.25, 0.3) is 0 Å². The molecule has 0 aromatic rings. The first-order chi connectivity index (χ1) is 7.32. The molecule has 0 radical (unpaired) electrons. The van der Waals surface area contributed by atoms with Crippen LogP contribution in [0.2, 0.25) is 0 Å². The summed E-state index contributed by atoms with van der Waals surface area (Å²) in [5.41, 5.74) is 3.96. The van der Waals surface area contributed by atoms with Crippen LogP contribution in [0.15, 0.2) is 0 Å². The van der Waals surface area contributed by atoms with Gasteiger partial charge in [0.15, 0.2) is 0 Å². The summed E-state index contributed by atoms with van der Waals surface area (Å²) < 4.78 is 5.28. The summed E-state index contributed by atoms with van der Waals surface area (Å²) in [7, 11) is 0. The second kappa shape index (κ2) is 4.69. The normalized spacial score (nSPS) is 33.4. The highest BCUT2D eigenvalue weighted by Gasteiger charge is 2.40. The summed E-state index contributed by atoms with van der Waals surface area (Å²) in [4.78, 5) is 11.7. The molecule has 1 heterocycles. The van der Waals surface area contributed by atoms with Gasteiger partial charge in [-0.25, -0.2) is 0 Å². The number of nitrogens with one attached hydrogen (secondary N) is 1. The fourth-order valence-electron chi connectivity index (χ4n) is 1.60. The van der Waals surface area contributed by atoms with Gasteiger partial charge < -0.3 is 20.9 Å². The lowest BCUT2D eigenvalue weighted by atomic mass is 9.95. The van der Waals surface area contributed by atoms with Crippen molar-refractivity contribution in [3.63, 3.8) is 0 Å². The molecule has 0 aromatic carbocycles. The molecule has 1 amide bonds. The van der Waals surface area contributed by atoms with Crippen LogP contribution in [0.1, 0.15) is 33.6 Å². The van der Waals surface area contributed by atoms with Crippen molar-refractivity contribution in [1.29, 1.82) is 0 Å². The lowest BCUT2D eigenvalue weighted by Gasteiger charge is -2.29. The van der Waals surface area contributed by atoms with Crippen molar-refractivity contribution in [2.24, 2.45) is 5.73 Å². The molecule has 0 aliphatic carbocycles. The van der Waals surface area contributed by atoms with E-state index in [0.717, 1.165) is 0 Å². The van der Waals surface area contributed by atoms with Crippen LogP contribution in [0.25, 0.3) is 0 Å². The Morgan fingerprint density at radius 1 is 1.75 bits per heavy atom. The Morgan fingerprint density at radius 3 is 2.81 bits per heavy atom. The minimum absolute atomic E-state index is 0.194. The lowest BCUT2D eigenvalue weighted by Crippen LogP contribution is -2.56. The monoisotopic (exact) mass is 230 g/mol. The number of amides is 1. The maximum absolute atomic E-state index is 11.7. The number of hydrogen-bond donors (Lipinski definition) is 3. The predicted molar refractivity (Wildman–Crippen MR) is 60.9 cm³/mol. The Labute approximate surface area is 96.3 Å². The summed E-state index contributed by atoms with van der Waals surface area (Å²) in [6.07, 6.45) is 0.851. The van der Waals surface area contributed by atoms with Crippen LogP contribution >= 0.6 is 0 Å². The van der Waals surface area contributed by atoms with E-state index in [9.17, 15) is 9.90 Å². The van der Waals surface area contributed by atoms with Gasteiger partial charge in [-0.1, -0.05) is 6.92 Å². The zero-order valence-electron chi connectivity index (χ0n) is 10.2. The highest BCUT2D eigenvalue weighted by molar-refractivity contribution is 5.85. The fourth-order valence-corrected chi connectivity index (χ4v) is 1.60. The molecule has 1 fully saturated rings. The van der Waals surface area contributed by atoms with Crippen molar-refractivity contribution in [3.8, 4) is 0 Å². The maximum atomic E-state index is 11.7. The van der Waals surface area contributed by atoms with Gasteiger partial charge in [0.1, 0.15) is 5.60 Å². The van der Waals surface area contributed by atoms with E-state index in [-0.39, 0.29) is 18.6 Å². The van der Waals surface area contributed by atoms with Crippen molar-refractivity contribution in [1.82, 2.24) is 5.32 Å². The summed E-state index contributed by atoms with van der Waals surface area (Å²) in [5, 5.41) is 12.9. The molecule has 1 aliphatic heterocycles. The van der Waals surface area contributed by atoms with Gasteiger partial charge in [-0.3, -0.25) is 4.79 Å². The Kier molecular flexibility index (Phi) is 3.93. The first-order valence-corrected chi connectivity index (χ1v) is 5.73. The number of hydrogen-bond acceptors (Lipinski definition) is 4. The number of carbonyl (C=O) groups is 1. The first-order valence-electron chi connectivity index (χ1n) is 5.73. The van der Waals surface area contributed by atoms with Gasteiger partial charge in [-0.15, -0.1) is 0 Å². The van der Waals surface area contributed by atoms with Crippen LogP contribution in [0, 0.1) is 0 Å². The summed E-state index contributed by atoms with van der Waals surface area (Å²) in [6.45, 7) is 6.07. The van der Waals surface area contributed by atoms with Crippen LogP contribution in [0.3, 0.4) is 0 Å². The Balaban J connectivity index is 2.49. The minimum atomic E-state index is -0.959. The molecule has 5 nitrogen and oxygen atoms in total. The lowest BCUT2D eigenvalue weighted by molar-refractivity contribution is -0.127. The minimum Gasteiger partial charge on any atom is -0.385 e. The van der Waals surface area contributed by atoms with Crippen molar-refractivity contribution in [3.05, 3.63) is 0 Å². The largest absolute Gasteiger partial charge is 0.385 e. The molecule has 4 N–H and O–H groups in total. The summed E-state index contributed by atoms with van der Waals surface area (Å²) in [5.74, 6) is -0.234. The average Bonchev–Trinajstić information content (AvgIpc) is 2.56. The number of aliphatic hydroxyl groups is 1. The van der Waals surface area contributed by atoms with Crippen LogP contribution in [0.5, 0.6) is 0 Å². The topological polar surface area (TPSA) is 84.6 Å². The average molecular weight is 230 g/mol. The van der Waals surface area contributed by atoms with Crippen LogP contribution in [-0.2, 0) is 9.53 Å². The standard InChI is InChI=1S/C11H22N2O3/c1-4-10(3,12)9(14)13-7-11(15)5-6-16-8(11)2/h8,15H,4-7,12H2,1-3H3,(H,13,14). The molecule has 0 spiro atoms. The van der Waals surface area contributed by atoms with Crippen molar-refractivity contribution < 1.29 is 14.6 Å². The third-order valence-electron chi connectivity index (χ3n) is 3.47. The first kappa shape index (κ1) is 13.4. The number of rotatable bonds is 4. The van der Waals surface area contributed by atoms with E-state index in [4.69, 9.17) is 10.5 Å². The van der Waals surface area contributed by atoms with Gasteiger partial charge >= 0.3 is 0 Å². The molecule has 0 bridgehead atoms. The molecule has 0 saturated carbocycles. The van der Waals surface area contributed by atoms with Crippen molar-refractivity contribution in [2.45, 2.75) is 50.9 Å². The molecule has 16 heavy (non-hydrogen) atoms. The van der Waals surface area contributed by atoms with E-state index in [0.29, 0.717) is 19.4 Å². The zero-order chi connectivity index (χ0) is 12.4. The molecule has 94 valence electrons. The second-order valence-electron chi connectivity index (χ2n) is 4.82. The third kappa shape index (κ3) is 2.72. The molecular formula is C11H22N2O3. The van der Waals surface area contributed by atoms with Crippen LogP contribution in [0.4, 0.5) is 0 Å². The maximum Gasteiger partial charge on any atom is 0.239 e. The molecule has 5 heteroatoms. The van der Waals surface area contributed by atoms with Gasteiger partial charge in [0.2, 0.25) is 5.91 Å². The molecule has 1 aliphatic rings. The number of ether oxygens (including phenoxy) is 1. The summed E-state index contributed by atoms with van der Waals surface area (Å²) in [6, 6.07) is 0. The van der Waals surface area contributed by atoms with Crippen molar-refractivity contribution in [2.75, 3.05) is 13.2 Å². The van der Waals surface area contributed by atoms with Gasteiger partial charge in [0.05, 0.1) is 11.6 Å². The highest BCUT2D eigenvalue weighted by Crippen LogP contribution is 2.24. The predicted octanol–water partition coefficient (Wildman–Crippen LogP) is -0.230. The van der Waals surface area contributed by atoms with E-state index in [1.165, 1.54) is 0 Å². The van der Waals surface area contributed by atoms with E-state index in [1.807, 2.05) is 6.92 Å². The molecule has 1 saturated heterocycles. The third-order valence-corrected chi connectivity index (χ3v) is 3.47. The SMILES string of the molecule is CCC(C)(N)C(=O)NCC1(O)CCOC1C. The number of carbonyl (C=O) groups excluding carboxylic acids is 1. The van der Waals surface area contributed by atoms with Crippen molar-refractivity contribution >= 4 is 5.91 Å². The molecule has 3 unspecified atom stereocenters. The van der Waals surface area contributed by atoms with E-state index in [1.54, 1.807) is 13.8 Å². The quantitative estimate of drug-likeness (QED) is 0.623. The fraction of sp³-hybridized carbons (Fsp3) is 0.909. The van der Waals surface area contributed by atoms with Crippen LogP contribution in [-0.4, -0.2) is 41.4 Å². The molecular weight excluding hydrogens is 208 g/mol. The Morgan fingerprint density at radius 2 is 2.38 bits per heavy atom. The molecule has 0 aromatic heterocycles. The molecule has 3 atom stereocenters. The summed E-state index contributed by atoms with van der Waals surface area (Å²) >= 11 is 0. The highest BCUT2D eigenvalue weighted by atomic mass is 16.5. The zero-order valence-corrected chi connectivity index (χ0v) is 10.2. The van der Waals surface area contributed by atoms with Gasteiger partial charge in [0, 0.05) is 19.6 Å². The Bertz CT molecular complexity index is 268. The number of nitrogens with two attached hydrogens (primary N) is 1.